The van der Waals surface area contributed by atoms with Gasteiger partial charge < -0.3 is 19.8 Å². The van der Waals surface area contributed by atoms with Gasteiger partial charge in [-0.05, 0) is 25.5 Å². The Kier molecular flexibility index (Phi) is 4.45. The molecule has 0 bridgehead atoms. The highest BCUT2D eigenvalue weighted by molar-refractivity contribution is 5.67. The molecule has 0 spiro atoms. The Labute approximate surface area is 118 Å². The van der Waals surface area contributed by atoms with Gasteiger partial charge >= 0.3 is 0 Å². The number of ether oxygens (including phenoxy) is 1. The van der Waals surface area contributed by atoms with Crippen LogP contribution in [0.1, 0.15) is 24.9 Å². The molecule has 108 valence electrons. The lowest BCUT2D eigenvalue weighted by molar-refractivity contribution is 0.306. The van der Waals surface area contributed by atoms with Gasteiger partial charge in [0.15, 0.2) is 5.82 Å². The van der Waals surface area contributed by atoms with E-state index in [1.165, 1.54) is 6.33 Å². The molecule has 0 saturated heterocycles. The van der Waals surface area contributed by atoms with E-state index in [1.54, 1.807) is 0 Å². The second kappa shape index (κ2) is 6.27. The van der Waals surface area contributed by atoms with Crippen LogP contribution in [0.3, 0.4) is 0 Å². The van der Waals surface area contributed by atoms with Crippen molar-refractivity contribution in [3.8, 4) is 5.88 Å². The summed E-state index contributed by atoms with van der Waals surface area (Å²) in [4.78, 5) is 10.2. The van der Waals surface area contributed by atoms with Crippen molar-refractivity contribution in [1.82, 2.24) is 9.97 Å². The number of furan rings is 1. The van der Waals surface area contributed by atoms with Crippen molar-refractivity contribution >= 4 is 11.5 Å². The molecule has 0 saturated carbocycles. The third kappa shape index (κ3) is 3.20. The Morgan fingerprint density at radius 3 is 2.80 bits per heavy atom. The molecule has 0 amide bonds. The first-order chi connectivity index (χ1) is 9.61. The van der Waals surface area contributed by atoms with Gasteiger partial charge in [-0.2, -0.15) is 4.98 Å². The van der Waals surface area contributed by atoms with E-state index in [9.17, 15) is 0 Å². The zero-order chi connectivity index (χ0) is 14.5. The number of nitrogen functional groups attached to an aromatic ring is 1. The predicted octanol–water partition coefficient (Wildman–Crippen LogP) is 2.39. The lowest BCUT2D eigenvalue weighted by Crippen LogP contribution is -2.19. The molecule has 0 aliphatic heterocycles. The number of nitrogens with zero attached hydrogens (tertiary/aromatic N) is 3. The van der Waals surface area contributed by atoms with Gasteiger partial charge in [0.1, 0.15) is 23.5 Å². The molecule has 2 aromatic rings. The van der Waals surface area contributed by atoms with E-state index < -0.39 is 0 Å². The van der Waals surface area contributed by atoms with Crippen LogP contribution < -0.4 is 15.4 Å². The maximum atomic E-state index is 6.06. The van der Waals surface area contributed by atoms with Gasteiger partial charge in [-0.15, -0.1) is 0 Å². The molecule has 2 aromatic heterocycles. The fraction of sp³-hybridized carbons (Fsp3) is 0.429. The van der Waals surface area contributed by atoms with Crippen molar-refractivity contribution in [2.75, 3.05) is 24.3 Å². The monoisotopic (exact) mass is 276 g/mol. The molecular weight excluding hydrogens is 256 g/mol. The molecule has 0 aliphatic rings. The first kappa shape index (κ1) is 14.2. The van der Waals surface area contributed by atoms with Gasteiger partial charge in [0.25, 0.3) is 0 Å². The van der Waals surface area contributed by atoms with Gasteiger partial charge in [-0.25, -0.2) is 4.98 Å². The molecule has 2 heterocycles. The van der Waals surface area contributed by atoms with Gasteiger partial charge in [0, 0.05) is 7.05 Å². The molecule has 2 N–H and O–H groups in total. The third-order valence-electron chi connectivity index (χ3n) is 2.82. The Balaban J connectivity index is 2.14. The van der Waals surface area contributed by atoms with Gasteiger partial charge in [0.05, 0.1) is 13.2 Å². The summed E-state index contributed by atoms with van der Waals surface area (Å²) >= 11 is 0. The molecule has 0 fully saturated rings. The van der Waals surface area contributed by atoms with Crippen molar-refractivity contribution in [3.05, 3.63) is 30.0 Å². The van der Waals surface area contributed by atoms with E-state index in [-0.39, 0.29) is 0 Å². The van der Waals surface area contributed by atoms with Crippen LogP contribution in [0.15, 0.2) is 22.9 Å². The Bertz CT molecular complexity index is 568. The van der Waals surface area contributed by atoms with Crippen LogP contribution >= 0.6 is 0 Å². The van der Waals surface area contributed by atoms with Crippen LogP contribution in [0, 0.1) is 6.92 Å². The maximum absolute atomic E-state index is 6.06. The average molecular weight is 276 g/mol. The van der Waals surface area contributed by atoms with Crippen molar-refractivity contribution < 1.29 is 9.15 Å². The van der Waals surface area contributed by atoms with Crippen LogP contribution in [-0.2, 0) is 6.54 Å². The minimum absolute atomic E-state index is 0.430. The zero-order valence-corrected chi connectivity index (χ0v) is 12.1. The Morgan fingerprint density at radius 1 is 1.35 bits per heavy atom. The molecule has 20 heavy (non-hydrogen) atoms. The quantitative estimate of drug-likeness (QED) is 0.872. The van der Waals surface area contributed by atoms with Crippen LogP contribution in [-0.4, -0.2) is 23.6 Å². The largest absolute Gasteiger partial charge is 0.476 e. The standard InChI is InChI=1S/C14H20N4O2/c1-4-7-19-14-12(15)13(16-9-17-14)18(3)8-11-6-5-10(2)20-11/h5-6,9H,4,7-8,15H2,1-3H3. The highest BCUT2D eigenvalue weighted by Crippen LogP contribution is 2.28. The molecular formula is C14H20N4O2. The lowest BCUT2D eigenvalue weighted by atomic mass is 10.3. The average Bonchev–Trinajstić information content (AvgIpc) is 2.83. The van der Waals surface area contributed by atoms with E-state index >= 15 is 0 Å². The first-order valence-corrected chi connectivity index (χ1v) is 6.61. The number of hydrogen-bond donors (Lipinski definition) is 1. The summed E-state index contributed by atoms with van der Waals surface area (Å²) in [6.07, 6.45) is 2.36. The van der Waals surface area contributed by atoms with Gasteiger partial charge in [0.2, 0.25) is 5.88 Å². The minimum atomic E-state index is 0.430. The Hall–Kier alpha value is -2.24. The molecule has 0 aromatic carbocycles. The molecule has 0 radical (unpaired) electrons. The first-order valence-electron chi connectivity index (χ1n) is 6.61. The second-order valence-corrected chi connectivity index (χ2v) is 4.63. The summed E-state index contributed by atoms with van der Waals surface area (Å²) < 4.78 is 11.1. The number of nitrogens with two attached hydrogens (primary N) is 1. The molecule has 0 unspecified atom stereocenters. The molecule has 6 heteroatoms. The van der Waals surface area contributed by atoms with E-state index in [0.717, 1.165) is 17.9 Å². The number of aromatic nitrogens is 2. The van der Waals surface area contributed by atoms with E-state index in [0.29, 0.717) is 30.5 Å². The highest BCUT2D eigenvalue weighted by Gasteiger charge is 2.14. The molecule has 0 atom stereocenters. The van der Waals surface area contributed by atoms with Crippen LogP contribution in [0.25, 0.3) is 0 Å². The Morgan fingerprint density at radius 2 is 2.15 bits per heavy atom. The van der Waals surface area contributed by atoms with Crippen molar-refractivity contribution in [2.24, 2.45) is 0 Å². The summed E-state index contributed by atoms with van der Waals surface area (Å²) in [6, 6.07) is 3.88. The number of aryl methyl sites for hydroxylation is 1. The van der Waals surface area contributed by atoms with E-state index in [2.05, 4.69) is 9.97 Å². The molecule has 2 rings (SSSR count). The number of anilines is 2. The van der Waals surface area contributed by atoms with Crippen LogP contribution in [0.2, 0.25) is 0 Å². The molecule has 0 aliphatic carbocycles. The van der Waals surface area contributed by atoms with Crippen LogP contribution in [0.5, 0.6) is 5.88 Å². The second-order valence-electron chi connectivity index (χ2n) is 4.63. The number of hydrogen-bond acceptors (Lipinski definition) is 6. The summed E-state index contributed by atoms with van der Waals surface area (Å²) in [7, 11) is 1.90. The SMILES string of the molecule is CCCOc1ncnc(N(C)Cc2ccc(C)o2)c1N. The minimum Gasteiger partial charge on any atom is -0.476 e. The van der Waals surface area contributed by atoms with Crippen molar-refractivity contribution in [2.45, 2.75) is 26.8 Å². The summed E-state index contributed by atoms with van der Waals surface area (Å²) in [5.74, 6) is 2.81. The summed E-state index contributed by atoms with van der Waals surface area (Å²) in [6.45, 7) is 5.12. The third-order valence-corrected chi connectivity index (χ3v) is 2.82. The predicted molar refractivity (Wildman–Crippen MR) is 77.8 cm³/mol. The zero-order valence-electron chi connectivity index (χ0n) is 12.1. The van der Waals surface area contributed by atoms with Crippen molar-refractivity contribution in [1.29, 1.82) is 0 Å². The number of rotatable bonds is 6. The highest BCUT2D eigenvalue weighted by atomic mass is 16.5. The van der Waals surface area contributed by atoms with E-state index in [4.69, 9.17) is 14.9 Å². The molecule has 6 nitrogen and oxygen atoms in total. The fourth-order valence-corrected chi connectivity index (χ4v) is 1.87. The van der Waals surface area contributed by atoms with Crippen molar-refractivity contribution in [3.63, 3.8) is 0 Å². The van der Waals surface area contributed by atoms with E-state index in [1.807, 2.05) is 37.9 Å². The fourth-order valence-electron chi connectivity index (χ4n) is 1.87. The smallest absolute Gasteiger partial charge is 0.242 e. The topological polar surface area (TPSA) is 77.4 Å². The maximum Gasteiger partial charge on any atom is 0.242 e. The van der Waals surface area contributed by atoms with Gasteiger partial charge in [-0.1, -0.05) is 6.92 Å². The normalized spacial score (nSPS) is 10.6. The summed E-state index contributed by atoms with van der Waals surface area (Å²) in [5, 5.41) is 0. The van der Waals surface area contributed by atoms with Crippen LogP contribution in [0.4, 0.5) is 11.5 Å². The lowest BCUT2D eigenvalue weighted by Gasteiger charge is -2.19. The summed E-state index contributed by atoms with van der Waals surface area (Å²) in [5.41, 5.74) is 6.51. The van der Waals surface area contributed by atoms with Gasteiger partial charge in [-0.3, -0.25) is 0 Å².